The highest BCUT2D eigenvalue weighted by molar-refractivity contribution is 5.81. The minimum atomic E-state index is -0.349. The van der Waals surface area contributed by atoms with Crippen LogP contribution in [0, 0.1) is 5.82 Å². The van der Waals surface area contributed by atoms with Crippen LogP contribution in [0.5, 0.6) is 0 Å². The van der Waals surface area contributed by atoms with Gasteiger partial charge in [0.25, 0.3) is 0 Å². The van der Waals surface area contributed by atoms with E-state index in [0.29, 0.717) is 11.2 Å². The van der Waals surface area contributed by atoms with Gasteiger partial charge in [-0.2, -0.15) is 0 Å². The summed E-state index contributed by atoms with van der Waals surface area (Å²) >= 11 is 0. The number of nitrogens with two attached hydrogens (primary N) is 2. The molecule has 1 heterocycles. The van der Waals surface area contributed by atoms with Gasteiger partial charge in [-0.05, 0) is 12.1 Å². The van der Waals surface area contributed by atoms with Crippen LogP contribution in [0.15, 0.2) is 18.2 Å². The van der Waals surface area contributed by atoms with E-state index in [1.165, 1.54) is 12.1 Å². The average molecular weight is 192 g/mol. The lowest BCUT2D eigenvalue weighted by Crippen LogP contribution is -2.05. The maximum atomic E-state index is 12.9. The standard InChI is InChI=1S/C9H9FN4/c10-5-1-2-6-7(3-5)13-9(12)14-8(6)4-11/h1-3H,4,11H2,(H2,12,13,14). The van der Waals surface area contributed by atoms with Crippen molar-refractivity contribution in [1.82, 2.24) is 9.97 Å². The van der Waals surface area contributed by atoms with Crippen molar-refractivity contribution < 1.29 is 4.39 Å². The van der Waals surface area contributed by atoms with Gasteiger partial charge in [0.15, 0.2) is 0 Å². The quantitative estimate of drug-likeness (QED) is 0.700. The Morgan fingerprint density at radius 1 is 1.29 bits per heavy atom. The van der Waals surface area contributed by atoms with Crippen molar-refractivity contribution in [2.75, 3.05) is 5.73 Å². The van der Waals surface area contributed by atoms with Gasteiger partial charge in [0, 0.05) is 18.0 Å². The van der Waals surface area contributed by atoms with E-state index in [2.05, 4.69) is 9.97 Å². The van der Waals surface area contributed by atoms with Crippen LogP contribution in [0.2, 0.25) is 0 Å². The number of hydrogen-bond donors (Lipinski definition) is 2. The lowest BCUT2D eigenvalue weighted by Gasteiger charge is -2.03. The molecule has 0 aliphatic carbocycles. The first-order valence-electron chi connectivity index (χ1n) is 4.12. The summed E-state index contributed by atoms with van der Waals surface area (Å²) in [7, 11) is 0. The van der Waals surface area contributed by atoms with Gasteiger partial charge in [0.1, 0.15) is 5.82 Å². The van der Waals surface area contributed by atoms with Gasteiger partial charge in [-0.3, -0.25) is 0 Å². The van der Waals surface area contributed by atoms with Gasteiger partial charge in [0.05, 0.1) is 11.2 Å². The molecule has 0 aliphatic rings. The Balaban J connectivity index is 2.81. The molecule has 2 aromatic rings. The molecule has 4 N–H and O–H groups in total. The lowest BCUT2D eigenvalue weighted by molar-refractivity contribution is 0.629. The predicted octanol–water partition coefficient (Wildman–Crippen LogP) is 0.810. The fraction of sp³-hybridized carbons (Fsp3) is 0.111. The van der Waals surface area contributed by atoms with Gasteiger partial charge in [0.2, 0.25) is 5.95 Å². The minimum Gasteiger partial charge on any atom is -0.368 e. The second-order valence-corrected chi connectivity index (χ2v) is 2.89. The topological polar surface area (TPSA) is 77.8 Å². The zero-order valence-electron chi connectivity index (χ0n) is 7.37. The average Bonchev–Trinajstić information content (AvgIpc) is 2.15. The van der Waals surface area contributed by atoms with Crippen LogP contribution in [-0.2, 0) is 6.54 Å². The highest BCUT2D eigenvalue weighted by atomic mass is 19.1. The molecule has 1 aromatic carbocycles. The van der Waals surface area contributed by atoms with Crippen molar-refractivity contribution in [2.24, 2.45) is 5.73 Å². The fourth-order valence-corrected chi connectivity index (χ4v) is 1.34. The second-order valence-electron chi connectivity index (χ2n) is 2.89. The van der Waals surface area contributed by atoms with E-state index in [1.807, 2.05) is 0 Å². The van der Waals surface area contributed by atoms with E-state index in [0.717, 1.165) is 5.39 Å². The Kier molecular flexibility index (Phi) is 2.01. The van der Waals surface area contributed by atoms with Crippen LogP contribution in [0.4, 0.5) is 10.3 Å². The minimum absolute atomic E-state index is 0.114. The third-order valence-corrected chi connectivity index (χ3v) is 1.95. The van der Waals surface area contributed by atoms with Crippen LogP contribution in [0.3, 0.4) is 0 Å². The molecule has 0 aliphatic heterocycles. The van der Waals surface area contributed by atoms with E-state index < -0.39 is 0 Å². The largest absolute Gasteiger partial charge is 0.368 e. The number of fused-ring (bicyclic) bond motifs is 1. The lowest BCUT2D eigenvalue weighted by atomic mass is 10.2. The summed E-state index contributed by atoms with van der Waals surface area (Å²) in [6.07, 6.45) is 0. The monoisotopic (exact) mass is 192 g/mol. The molecule has 0 radical (unpaired) electrons. The number of aromatic nitrogens is 2. The van der Waals surface area contributed by atoms with E-state index in [-0.39, 0.29) is 18.3 Å². The van der Waals surface area contributed by atoms with Gasteiger partial charge < -0.3 is 11.5 Å². The third kappa shape index (κ3) is 1.38. The van der Waals surface area contributed by atoms with Crippen LogP contribution in [-0.4, -0.2) is 9.97 Å². The van der Waals surface area contributed by atoms with Crippen LogP contribution in [0.1, 0.15) is 5.69 Å². The maximum absolute atomic E-state index is 12.9. The molecule has 0 fully saturated rings. The number of benzene rings is 1. The van der Waals surface area contributed by atoms with Crippen molar-refractivity contribution in [3.63, 3.8) is 0 Å². The fourth-order valence-electron chi connectivity index (χ4n) is 1.34. The molecule has 0 saturated carbocycles. The number of rotatable bonds is 1. The zero-order valence-corrected chi connectivity index (χ0v) is 7.37. The molecule has 72 valence electrons. The van der Waals surface area contributed by atoms with Gasteiger partial charge in [-0.25, -0.2) is 14.4 Å². The normalized spacial score (nSPS) is 10.7. The summed E-state index contributed by atoms with van der Waals surface area (Å²) in [6, 6.07) is 4.26. The molecule has 1 aromatic heterocycles. The number of hydrogen-bond acceptors (Lipinski definition) is 4. The highest BCUT2D eigenvalue weighted by Gasteiger charge is 2.05. The highest BCUT2D eigenvalue weighted by Crippen LogP contribution is 2.17. The van der Waals surface area contributed by atoms with Gasteiger partial charge in [-0.15, -0.1) is 0 Å². The van der Waals surface area contributed by atoms with Crippen molar-refractivity contribution >= 4 is 16.9 Å². The maximum Gasteiger partial charge on any atom is 0.220 e. The first-order chi connectivity index (χ1) is 6.70. The van der Waals surface area contributed by atoms with Crippen molar-refractivity contribution in [2.45, 2.75) is 6.54 Å². The molecule has 4 nitrogen and oxygen atoms in total. The molecule has 0 atom stereocenters. The Morgan fingerprint density at radius 2 is 2.07 bits per heavy atom. The summed E-state index contributed by atoms with van der Waals surface area (Å²) in [5, 5.41) is 0.739. The van der Waals surface area contributed by atoms with Crippen LogP contribution >= 0.6 is 0 Å². The number of nitrogen functional groups attached to an aromatic ring is 1. The predicted molar refractivity (Wildman–Crippen MR) is 51.8 cm³/mol. The van der Waals surface area contributed by atoms with Crippen LogP contribution in [0.25, 0.3) is 10.9 Å². The Labute approximate surface area is 79.8 Å². The number of anilines is 1. The Morgan fingerprint density at radius 3 is 2.79 bits per heavy atom. The van der Waals surface area contributed by atoms with E-state index in [1.54, 1.807) is 6.07 Å². The summed E-state index contributed by atoms with van der Waals surface area (Å²) < 4.78 is 12.9. The van der Waals surface area contributed by atoms with E-state index in [4.69, 9.17) is 11.5 Å². The molecule has 0 bridgehead atoms. The first kappa shape index (κ1) is 8.83. The summed E-state index contributed by atoms with van der Waals surface area (Å²) in [5.74, 6) is -0.234. The Hall–Kier alpha value is -1.75. The molecule has 2 rings (SSSR count). The zero-order chi connectivity index (χ0) is 10.1. The Bertz CT molecular complexity index is 478. The van der Waals surface area contributed by atoms with E-state index >= 15 is 0 Å². The molecular formula is C9H9FN4. The van der Waals surface area contributed by atoms with E-state index in [9.17, 15) is 4.39 Å². The van der Waals surface area contributed by atoms with Crippen LogP contribution < -0.4 is 11.5 Å². The van der Waals surface area contributed by atoms with Gasteiger partial charge >= 0.3 is 0 Å². The SMILES string of the molecule is NCc1nc(N)nc2cc(F)ccc12. The van der Waals surface area contributed by atoms with Crippen molar-refractivity contribution in [1.29, 1.82) is 0 Å². The number of halogens is 1. The molecule has 0 spiro atoms. The second kappa shape index (κ2) is 3.19. The molecule has 0 unspecified atom stereocenters. The molecular weight excluding hydrogens is 183 g/mol. The first-order valence-corrected chi connectivity index (χ1v) is 4.12. The van der Waals surface area contributed by atoms with Crippen molar-refractivity contribution in [3.8, 4) is 0 Å². The van der Waals surface area contributed by atoms with Crippen molar-refractivity contribution in [3.05, 3.63) is 29.7 Å². The summed E-state index contributed by atoms with van der Waals surface area (Å²) in [6.45, 7) is 0.259. The van der Waals surface area contributed by atoms with Gasteiger partial charge in [-0.1, -0.05) is 0 Å². The molecule has 0 amide bonds. The summed E-state index contributed by atoms with van der Waals surface area (Å²) in [5.41, 5.74) is 12.0. The summed E-state index contributed by atoms with van der Waals surface area (Å²) in [4.78, 5) is 7.88. The number of nitrogens with zero attached hydrogens (tertiary/aromatic N) is 2. The molecule has 5 heteroatoms. The molecule has 14 heavy (non-hydrogen) atoms. The third-order valence-electron chi connectivity index (χ3n) is 1.95. The smallest absolute Gasteiger partial charge is 0.220 e. The molecule has 0 saturated heterocycles.